The van der Waals surface area contributed by atoms with Gasteiger partial charge < -0.3 is 9.80 Å². The van der Waals surface area contributed by atoms with Crippen LogP contribution in [0.3, 0.4) is 0 Å². The zero-order valence-corrected chi connectivity index (χ0v) is 14.3. The molecule has 0 N–H and O–H groups in total. The summed E-state index contributed by atoms with van der Waals surface area (Å²) in [5.41, 5.74) is 1.97. The Morgan fingerprint density at radius 3 is 2.71 bits per heavy atom. The fourth-order valence-electron chi connectivity index (χ4n) is 2.82. The third-order valence-corrected chi connectivity index (χ3v) is 4.33. The number of amides is 1. The van der Waals surface area contributed by atoms with Gasteiger partial charge in [-0.25, -0.2) is 9.97 Å². The van der Waals surface area contributed by atoms with Gasteiger partial charge in [-0.15, -0.1) is 0 Å². The first-order valence-electron chi connectivity index (χ1n) is 8.44. The Balaban J connectivity index is 1.77. The molecule has 0 saturated carbocycles. The molecule has 1 saturated heterocycles. The third kappa shape index (κ3) is 3.69. The molecular formula is C18H23N5O. The van der Waals surface area contributed by atoms with Crippen molar-refractivity contribution in [2.24, 2.45) is 0 Å². The number of aryl methyl sites for hydroxylation is 1. The van der Waals surface area contributed by atoms with Crippen molar-refractivity contribution in [3.63, 3.8) is 0 Å². The van der Waals surface area contributed by atoms with Gasteiger partial charge in [-0.1, -0.05) is 6.92 Å². The minimum Gasteiger partial charge on any atom is -0.358 e. The maximum atomic E-state index is 11.7. The smallest absolute Gasteiger partial charge is 0.222 e. The summed E-state index contributed by atoms with van der Waals surface area (Å²) in [5.74, 6) is 1.87. The Kier molecular flexibility index (Phi) is 5.03. The van der Waals surface area contributed by atoms with Gasteiger partial charge in [-0.2, -0.15) is 0 Å². The van der Waals surface area contributed by atoms with Crippen LogP contribution in [0.2, 0.25) is 0 Å². The van der Waals surface area contributed by atoms with Crippen LogP contribution in [0.25, 0.3) is 11.4 Å². The lowest BCUT2D eigenvalue weighted by Crippen LogP contribution is -2.34. The molecule has 3 rings (SSSR count). The van der Waals surface area contributed by atoms with E-state index in [1.54, 1.807) is 12.4 Å². The number of aromatic nitrogens is 3. The molecule has 1 amide bonds. The lowest BCUT2D eigenvalue weighted by molar-refractivity contribution is -0.127. The maximum Gasteiger partial charge on any atom is 0.222 e. The number of carbonyl (C=O) groups is 1. The quantitative estimate of drug-likeness (QED) is 0.814. The molecule has 0 aliphatic carbocycles. The van der Waals surface area contributed by atoms with E-state index in [-0.39, 0.29) is 5.91 Å². The first-order chi connectivity index (χ1) is 11.7. The molecule has 1 aliphatic rings. The second-order valence-corrected chi connectivity index (χ2v) is 6.04. The number of likely N-dealkylation sites (N-methyl/N-ethyl adjacent to an activating group) is 1. The highest BCUT2D eigenvalue weighted by Crippen LogP contribution is 2.20. The second-order valence-electron chi connectivity index (χ2n) is 6.04. The van der Waals surface area contributed by atoms with Crippen molar-refractivity contribution in [3.8, 4) is 11.4 Å². The van der Waals surface area contributed by atoms with Gasteiger partial charge >= 0.3 is 0 Å². The van der Waals surface area contributed by atoms with Crippen molar-refractivity contribution < 1.29 is 4.79 Å². The highest BCUT2D eigenvalue weighted by molar-refractivity contribution is 5.78. The van der Waals surface area contributed by atoms with E-state index >= 15 is 0 Å². The fourth-order valence-corrected chi connectivity index (χ4v) is 2.82. The van der Waals surface area contributed by atoms with Gasteiger partial charge in [-0.3, -0.25) is 9.78 Å². The van der Waals surface area contributed by atoms with Crippen LogP contribution in [0.1, 0.15) is 25.5 Å². The molecule has 126 valence electrons. The van der Waals surface area contributed by atoms with Crippen LogP contribution in [0.5, 0.6) is 0 Å². The van der Waals surface area contributed by atoms with Gasteiger partial charge in [0.1, 0.15) is 5.82 Å². The predicted molar refractivity (Wildman–Crippen MR) is 93.7 cm³/mol. The molecule has 0 unspecified atom stereocenters. The van der Waals surface area contributed by atoms with Crippen molar-refractivity contribution in [2.75, 3.05) is 31.6 Å². The molecule has 2 aromatic heterocycles. The molecule has 1 aliphatic heterocycles. The SMILES string of the molecule is CCc1cc(N(C)CCN2CCCC2=O)nc(-c2ccncc2)n1. The summed E-state index contributed by atoms with van der Waals surface area (Å²) in [5, 5.41) is 0. The molecule has 6 heteroatoms. The van der Waals surface area contributed by atoms with E-state index in [1.165, 1.54) is 0 Å². The average molecular weight is 325 g/mol. The summed E-state index contributed by atoms with van der Waals surface area (Å²) >= 11 is 0. The highest BCUT2D eigenvalue weighted by Gasteiger charge is 2.20. The summed E-state index contributed by atoms with van der Waals surface area (Å²) in [6.07, 6.45) is 6.01. The zero-order valence-electron chi connectivity index (χ0n) is 14.3. The highest BCUT2D eigenvalue weighted by atomic mass is 16.2. The summed E-state index contributed by atoms with van der Waals surface area (Å²) < 4.78 is 0. The standard InChI is InChI=1S/C18H23N5O/c1-3-15-13-16(21-18(20-15)14-6-8-19-9-7-14)22(2)11-12-23-10-4-5-17(23)24/h6-9,13H,3-5,10-12H2,1-2H3. The van der Waals surface area contributed by atoms with Crippen molar-refractivity contribution >= 4 is 11.7 Å². The molecule has 2 aromatic rings. The molecule has 1 fully saturated rings. The average Bonchev–Trinajstić information content (AvgIpc) is 3.05. The Labute approximate surface area is 142 Å². The number of anilines is 1. The number of rotatable bonds is 6. The Morgan fingerprint density at radius 2 is 2.04 bits per heavy atom. The molecule has 0 atom stereocenters. The van der Waals surface area contributed by atoms with Crippen molar-refractivity contribution in [2.45, 2.75) is 26.2 Å². The van der Waals surface area contributed by atoms with Gasteiger partial charge in [0, 0.05) is 62.8 Å². The molecule has 0 spiro atoms. The maximum absolute atomic E-state index is 11.7. The summed E-state index contributed by atoms with van der Waals surface area (Å²) in [6.45, 7) is 4.47. The number of pyridine rings is 1. The molecule has 6 nitrogen and oxygen atoms in total. The summed E-state index contributed by atoms with van der Waals surface area (Å²) in [7, 11) is 2.01. The van der Waals surface area contributed by atoms with Crippen molar-refractivity contribution in [3.05, 3.63) is 36.3 Å². The van der Waals surface area contributed by atoms with E-state index in [0.717, 1.165) is 55.4 Å². The first-order valence-corrected chi connectivity index (χ1v) is 8.44. The monoisotopic (exact) mass is 325 g/mol. The third-order valence-electron chi connectivity index (χ3n) is 4.33. The van der Waals surface area contributed by atoms with Crippen LogP contribution in [-0.2, 0) is 11.2 Å². The van der Waals surface area contributed by atoms with E-state index in [1.807, 2.05) is 30.1 Å². The minimum atomic E-state index is 0.262. The molecule has 0 bridgehead atoms. The molecule has 24 heavy (non-hydrogen) atoms. The van der Waals surface area contributed by atoms with Crippen LogP contribution in [0.15, 0.2) is 30.6 Å². The van der Waals surface area contributed by atoms with Gasteiger partial charge in [-0.05, 0) is 25.0 Å². The molecular weight excluding hydrogens is 302 g/mol. The summed E-state index contributed by atoms with van der Waals surface area (Å²) in [6, 6.07) is 5.86. The number of likely N-dealkylation sites (tertiary alicyclic amines) is 1. The lowest BCUT2D eigenvalue weighted by atomic mass is 10.2. The minimum absolute atomic E-state index is 0.262. The number of hydrogen-bond donors (Lipinski definition) is 0. The van der Waals surface area contributed by atoms with Gasteiger partial charge in [0.15, 0.2) is 5.82 Å². The topological polar surface area (TPSA) is 62.2 Å². The van der Waals surface area contributed by atoms with E-state index in [0.29, 0.717) is 6.42 Å². The van der Waals surface area contributed by atoms with Gasteiger partial charge in [0.25, 0.3) is 0 Å². The van der Waals surface area contributed by atoms with Crippen LogP contribution in [0.4, 0.5) is 5.82 Å². The van der Waals surface area contributed by atoms with Crippen LogP contribution in [0, 0.1) is 0 Å². The number of carbonyl (C=O) groups excluding carboxylic acids is 1. The molecule has 0 aromatic carbocycles. The van der Waals surface area contributed by atoms with E-state index in [4.69, 9.17) is 4.98 Å². The second kappa shape index (κ2) is 7.38. The predicted octanol–water partition coefficient (Wildman–Crippen LogP) is 2.16. The van der Waals surface area contributed by atoms with E-state index in [9.17, 15) is 4.79 Å². The van der Waals surface area contributed by atoms with E-state index < -0.39 is 0 Å². The Morgan fingerprint density at radius 1 is 1.25 bits per heavy atom. The summed E-state index contributed by atoms with van der Waals surface area (Å²) in [4.78, 5) is 29.1. The van der Waals surface area contributed by atoms with Gasteiger partial charge in [0.05, 0.1) is 0 Å². The van der Waals surface area contributed by atoms with E-state index in [2.05, 4.69) is 21.8 Å². The number of nitrogens with zero attached hydrogens (tertiary/aromatic N) is 5. The fraction of sp³-hybridized carbons (Fsp3) is 0.444. The normalized spacial score (nSPS) is 14.2. The Hall–Kier alpha value is -2.50. The largest absolute Gasteiger partial charge is 0.358 e. The molecule has 0 radical (unpaired) electrons. The first kappa shape index (κ1) is 16.4. The molecule has 3 heterocycles. The van der Waals surface area contributed by atoms with Crippen LogP contribution in [-0.4, -0.2) is 52.4 Å². The van der Waals surface area contributed by atoms with Crippen LogP contribution < -0.4 is 4.90 Å². The Bertz CT molecular complexity index is 704. The van der Waals surface area contributed by atoms with Crippen molar-refractivity contribution in [1.82, 2.24) is 19.9 Å². The number of hydrogen-bond acceptors (Lipinski definition) is 5. The zero-order chi connectivity index (χ0) is 16.9. The lowest BCUT2D eigenvalue weighted by Gasteiger charge is -2.23. The van der Waals surface area contributed by atoms with Gasteiger partial charge in [0.2, 0.25) is 5.91 Å². The van der Waals surface area contributed by atoms with Crippen LogP contribution >= 0.6 is 0 Å². The van der Waals surface area contributed by atoms with Crippen molar-refractivity contribution in [1.29, 1.82) is 0 Å².